The molecule has 0 bridgehead atoms. The summed E-state index contributed by atoms with van der Waals surface area (Å²) in [6.07, 6.45) is -3.87. The van der Waals surface area contributed by atoms with Crippen molar-refractivity contribution in [3.63, 3.8) is 0 Å². The second kappa shape index (κ2) is 4.98. The van der Waals surface area contributed by atoms with Crippen molar-refractivity contribution in [2.45, 2.75) is 32.0 Å². The molecule has 0 aromatic rings. The van der Waals surface area contributed by atoms with E-state index in [-0.39, 0.29) is 12.6 Å². The summed E-state index contributed by atoms with van der Waals surface area (Å²) < 4.78 is 40.6. The third-order valence-electron chi connectivity index (χ3n) is 2.55. The SMILES string of the molecule is CC(NCCC(F)(F)F)C1CCOC1. The number of alkyl halides is 3. The molecular weight excluding hydrogens is 195 g/mol. The maximum atomic E-state index is 11.8. The van der Waals surface area contributed by atoms with Gasteiger partial charge in [-0.15, -0.1) is 0 Å². The van der Waals surface area contributed by atoms with Crippen LogP contribution in [0.2, 0.25) is 0 Å². The Balaban J connectivity index is 2.11. The maximum absolute atomic E-state index is 11.8. The van der Waals surface area contributed by atoms with E-state index in [2.05, 4.69) is 5.32 Å². The zero-order chi connectivity index (χ0) is 10.6. The van der Waals surface area contributed by atoms with Gasteiger partial charge in [-0.2, -0.15) is 13.2 Å². The van der Waals surface area contributed by atoms with Crippen LogP contribution in [0.25, 0.3) is 0 Å². The number of hydrogen-bond donors (Lipinski definition) is 1. The molecule has 1 fully saturated rings. The van der Waals surface area contributed by atoms with Gasteiger partial charge in [0.05, 0.1) is 13.0 Å². The summed E-state index contributed by atoms with van der Waals surface area (Å²) in [6.45, 7) is 3.31. The molecule has 2 unspecified atom stereocenters. The fourth-order valence-electron chi connectivity index (χ4n) is 1.56. The van der Waals surface area contributed by atoms with Crippen LogP contribution in [0.4, 0.5) is 13.2 Å². The van der Waals surface area contributed by atoms with Gasteiger partial charge in [-0.05, 0) is 19.3 Å². The second-order valence-corrected chi connectivity index (χ2v) is 3.73. The molecule has 0 aromatic carbocycles. The first-order valence-corrected chi connectivity index (χ1v) is 4.87. The number of hydrogen-bond acceptors (Lipinski definition) is 2. The summed E-state index contributed by atoms with van der Waals surface area (Å²) in [7, 11) is 0. The molecule has 1 aliphatic rings. The van der Waals surface area contributed by atoms with Crippen LogP contribution < -0.4 is 5.32 Å². The molecule has 0 amide bonds. The molecule has 84 valence electrons. The normalized spacial score (nSPS) is 25.3. The Bertz CT molecular complexity index is 166. The van der Waals surface area contributed by atoms with Gasteiger partial charge in [-0.25, -0.2) is 0 Å². The van der Waals surface area contributed by atoms with E-state index < -0.39 is 12.6 Å². The van der Waals surface area contributed by atoms with Crippen LogP contribution in [-0.4, -0.2) is 32.0 Å². The van der Waals surface area contributed by atoms with Crippen LogP contribution in [0.15, 0.2) is 0 Å². The van der Waals surface area contributed by atoms with E-state index in [1.807, 2.05) is 6.92 Å². The predicted octanol–water partition coefficient (Wildman–Crippen LogP) is 1.95. The van der Waals surface area contributed by atoms with E-state index >= 15 is 0 Å². The highest BCUT2D eigenvalue weighted by Gasteiger charge is 2.27. The van der Waals surface area contributed by atoms with Gasteiger partial charge in [0.15, 0.2) is 0 Å². The Hall–Kier alpha value is -0.290. The van der Waals surface area contributed by atoms with E-state index in [1.54, 1.807) is 0 Å². The molecule has 0 aliphatic carbocycles. The summed E-state index contributed by atoms with van der Waals surface area (Å²) in [5, 5.41) is 2.88. The molecule has 14 heavy (non-hydrogen) atoms. The number of rotatable bonds is 4. The molecule has 0 saturated carbocycles. The standard InChI is InChI=1S/C9H16F3NO/c1-7(8-2-5-14-6-8)13-4-3-9(10,11)12/h7-8,13H,2-6H2,1H3. The molecule has 5 heteroatoms. The first-order chi connectivity index (χ1) is 6.49. The molecule has 2 nitrogen and oxygen atoms in total. The van der Waals surface area contributed by atoms with Crippen molar-refractivity contribution in [3.05, 3.63) is 0 Å². The van der Waals surface area contributed by atoms with Crippen LogP contribution in [-0.2, 0) is 4.74 Å². The topological polar surface area (TPSA) is 21.3 Å². The number of nitrogens with one attached hydrogen (secondary N) is 1. The van der Waals surface area contributed by atoms with E-state index in [4.69, 9.17) is 4.74 Å². The van der Waals surface area contributed by atoms with E-state index in [0.29, 0.717) is 12.5 Å². The van der Waals surface area contributed by atoms with Crippen molar-refractivity contribution >= 4 is 0 Å². The lowest BCUT2D eigenvalue weighted by Gasteiger charge is -2.19. The van der Waals surface area contributed by atoms with Crippen LogP contribution in [0.1, 0.15) is 19.8 Å². The number of halogens is 3. The van der Waals surface area contributed by atoms with Crippen LogP contribution in [0.5, 0.6) is 0 Å². The lowest BCUT2D eigenvalue weighted by Crippen LogP contribution is -2.36. The predicted molar refractivity (Wildman–Crippen MR) is 47.1 cm³/mol. The van der Waals surface area contributed by atoms with Gasteiger partial charge >= 0.3 is 6.18 Å². The van der Waals surface area contributed by atoms with E-state index in [1.165, 1.54) is 0 Å². The van der Waals surface area contributed by atoms with Crippen molar-refractivity contribution in [3.8, 4) is 0 Å². The Morgan fingerprint density at radius 2 is 2.21 bits per heavy atom. The smallest absolute Gasteiger partial charge is 0.381 e. The summed E-state index contributed by atoms with van der Waals surface area (Å²) >= 11 is 0. The minimum absolute atomic E-state index is 0.00116. The molecule has 0 radical (unpaired) electrons. The largest absolute Gasteiger partial charge is 0.390 e. The van der Waals surface area contributed by atoms with Gasteiger partial charge in [-0.1, -0.05) is 0 Å². The zero-order valence-corrected chi connectivity index (χ0v) is 8.23. The van der Waals surface area contributed by atoms with Crippen molar-refractivity contribution < 1.29 is 17.9 Å². The average Bonchev–Trinajstić information content (AvgIpc) is 2.53. The maximum Gasteiger partial charge on any atom is 0.390 e. The van der Waals surface area contributed by atoms with Gasteiger partial charge < -0.3 is 10.1 Å². The van der Waals surface area contributed by atoms with Gasteiger partial charge in [0.1, 0.15) is 0 Å². The fourth-order valence-corrected chi connectivity index (χ4v) is 1.56. The minimum Gasteiger partial charge on any atom is -0.381 e. The second-order valence-electron chi connectivity index (χ2n) is 3.73. The zero-order valence-electron chi connectivity index (χ0n) is 8.23. The first kappa shape index (κ1) is 11.8. The van der Waals surface area contributed by atoms with Crippen LogP contribution >= 0.6 is 0 Å². The fraction of sp³-hybridized carbons (Fsp3) is 1.00. The van der Waals surface area contributed by atoms with Crippen LogP contribution in [0, 0.1) is 5.92 Å². The molecule has 0 aromatic heterocycles. The Morgan fingerprint density at radius 3 is 2.71 bits per heavy atom. The molecular formula is C9H16F3NO. The minimum atomic E-state index is -4.06. The average molecular weight is 211 g/mol. The first-order valence-electron chi connectivity index (χ1n) is 4.87. The van der Waals surface area contributed by atoms with Crippen LogP contribution in [0.3, 0.4) is 0 Å². The van der Waals surface area contributed by atoms with Gasteiger partial charge in [0.25, 0.3) is 0 Å². The molecule has 1 rings (SSSR count). The molecule has 1 saturated heterocycles. The summed E-state index contributed by atoms with van der Waals surface area (Å²) in [6, 6.07) is 0.111. The highest BCUT2D eigenvalue weighted by atomic mass is 19.4. The van der Waals surface area contributed by atoms with E-state index in [0.717, 1.165) is 13.0 Å². The molecule has 2 atom stereocenters. The van der Waals surface area contributed by atoms with Crippen molar-refractivity contribution in [1.29, 1.82) is 0 Å². The monoisotopic (exact) mass is 211 g/mol. The van der Waals surface area contributed by atoms with Gasteiger partial charge in [0, 0.05) is 19.2 Å². The third-order valence-corrected chi connectivity index (χ3v) is 2.55. The summed E-state index contributed by atoms with van der Waals surface area (Å²) in [5.41, 5.74) is 0. The van der Waals surface area contributed by atoms with Crippen molar-refractivity contribution in [2.24, 2.45) is 5.92 Å². The lowest BCUT2D eigenvalue weighted by atomic mass is 10.0. The van der Waals surface area contributed by atoms with Gasteiger partial charge in [0.2, 0.25) is 0 Å². The molecule has 0 spiro atoms. The van der Waals surface area contributed by atoms with E-state index in [9.17, 15) is 13.2 Å². The molecule has 1 aliphatic heterocycles. The molecule has 1 heterocycles. The Kier molecular flexibility index (Phi) is 4.19. The Labute approximate surface area is 81.8 Å². The highest BCUT2D eigenvalue weighted by molar-refractivity contribution is 4.75. The Morgan fingerprint density at radius 1 is 1.50 bits per heavy atom. The summed E-state index contributed by atoms with van der Waals surface area (Å²) in [4.78, 5) is 0. The van der Waals surface area contributed by atoms with Crippen molar-refractivity contribution in [2.75, 3.05) is 19.8 Å². The summed E-state index contributed by atoms with van der Waals surface area (Å²) in [5.74, 6) is 0.364. The third kappa shape index (κ3) is 4.28. The quantitative estimate of drug-likeness (QED) is 0.767. The number of ether oxygens (including phenoxy) is 1. The van der Waals surface area contributed by atoms with Crippen molar-refractivity contribution in [1.82, 2.24) is 5.32 Å². The highest BCUT2D eigenvalue weighted by Crippen LogP contribution is 2.20. The van der Waals surface area contributed by atoms with Gasteiger partial charge in [-0.3, -0.25) is 0 Å². The lowest BCUT2D eigenvalue weighted by molar-refractivity contribution is -0.133. The molecule has 1 N–H and O–H groups in total.